The summed E-state index contributed by atoms with van der Waals surface area (Å²) >= 11 is 0. The van der Waals surface area contributed by atoms with E-state index < -0.39 is 20.4 Å². The Morgan fingerprint density at radius 1 is 1.18 bits per heavy atom. The molecule has 0 aliphatic rings. The van der Waals surface area contributed by atoms with Crippen LogP contribution in [0.3, 0.4) is 0 Å². The third kappa shape index (κ3) is 6.86. The van der Waals surface area contributed by atoms with E-state index in [1.54, 1.807) is 0 Å². The molecule has 0 radical (unpaired) electrons. The van der Waals surface area contributed by atoms with Crippen molar-refractivity contribution in [2.45, 2.75) is 0 Å². The molecule has 7 nitrogen and oxygen atoms in total. The minimum absolute atomic E-state index is 0. The van der Waals surface area contributed by atoms with Crippen molar-refractivity contribution in [3.8, 4) is 0 Å². The summed E-state index contributed by atoms with van der Waals surface area (Å²) in [6.07, 6.45) is 0.634. The number of benzene rings is 1. The van der Waals surface area contributed by atoms with Gasteiger partial charge in [-0.2, -0.15) is 16.8 Å². The summed E-state index contributed by atoms with van der Waals surface area (Å²) in [5, 5.41) is 0. The van der Waals surface area contributed by atoms with Crippen molar-refractivity contribution in [2.75, 3.05) is 16.7 Å². The zero-order valence-corrected chi connectivity index (χ0v) is 12.9. The van der Waals surface area contributed by atoms with E-state index in [1.807, 2.05) is 4.72 Å². The monoisotopic (exact) mass is 290 g/mol. The third-order valence-electron chi connectivity index (χ3n) is 1.37. The van der Waals surface area contributed by atoms with Crippen LogP contribution in [0.25, 0.3) is 0 Å². The molecule has 0 aromatic heterocycles. The summed E-state index contributed by atoms with van der Waals surface area (Å²) in [6, 6.07) is 5.66. The minimum Gasteiger partial charge on any atom is -1.00 e. The molecule has 1 aromatic rings. The predicted octanol–water partition coefficient (Wildman–Crippen LogP) is -2.98. The molecular weight excluding hydrogens is 279 g/mol. The van der Waals surface area contributed by atoms with Gasteiger partial charge in [-0.05, 0) is 24.3 Å². The first kappa shape index (κ1) is 16.7. The summed E-state index contributed by atoms with van der Waals surface area (Å²) in [5.74, 6) is 0. The predicted molar refractivity (Wildman–Crippen MR) is 60.4 cm³/mol. The average molecular weight is 290 g/mol. The minimum atomic E-state index is -4.38. The van der Waals surface area contributed by atoms with Crippen LogP contribution < -0.4 is 40.0 Å². The standard InChI is InChI=1S/C7H10N2O5S2.Na.H/c1-15(10,11)14-16(12,13)9-7-4-2-6(8)3-5-7;;/h2-5,9H,8H2,1H3;;/q;+1;-1. The van der Waals surface area contributed by atoms with Crippen molar-refractivity contribution in [1.82, 2.24) is 0 Å². The van der Waals surface area contributed by atoms with Gasteiger partial charge in [-0.25, -0.2) is 0 Å². The summed E-state index contributed by atoms with van der Waals surface area (Å²) < 4.78 is 49.4. The van der Waals surface area contributed by atoms with Crippen molar-refractivity contribution >= 4 is 31.8 Å². The van der Waals surface area contributed by atoms with Gasteiger partial charge >= 0.3 is 39.9 Å². The molecule has 0 aliphatic carbocycles. The molecule has 1 rings (SSSR count). The Bertz CT molecular complexity index is 572. The molecule has 0 fully saturated rings. The Hall–Kier alpha value is -0.320. The number of hydrogen-bond donors (Lipinski definition) is 2. The van der Waals surface area contributed by atoms with Crippen molar-refractivity contribution in [3.05, 3.63) is 24.3 Å². The zero-order chi connectivity index (χ0) is 12.4. The molecule has 10 heteroatoms. The molecule has 17 heavy (non-hydrogen) atoms. The Kier molecular flexibility index (Phi) is 5.91. The third-order valence-corrected chi connectivity index (χ3v) is 3.56. The fourth-order valence-electron chi connectivity index (χ4n) is 0.875. The van der Waals surface area contributed by atoms with Crippen LogP contribution in [0, 0.1) is 0 Å². The van der Waals surface area contributed by atoms with E-state index >= 15 is 0 Å². The number of rotatable bonds is 4. The quantitative estimate of drug-likeness (QED) is 0.451. The maximum absolute atomic E-state index is 11.2. The van der Waals surface area contributed by atoms with Gasteiger partial charge in [0.25, 0.3) is 10.1 Å². The summed E-state index contributed by atoms with van der Waals surface area (Å²) in [4.78, 5) is 0. The van der Waals surface area contributed by atoms with Crippen molar-refractivity contribution in [3.63, 3.8) is 0 Å². The van der Waals surface area contributed by atoms with Crippen LogP contribution in [0.1, 0.15) is 1.43 Å². The molecule has 0 atom stereocenters. The SMILES string of the molecule is CS(=O)(=O)OS(=O)(=O)Nc1ccc(N)cc1.[H-].[Na+]. The van der Waals surface area contributed by atoms with Gasteiger partial charge in [0, 0.05) is 5.69 Å². The van der Waals surface area contributed by atoms with E-state index in [9.17, 15) is 16.8 Å². The molecule has 92 valence electrons. The molecule has 0 unspecified atom stereocenters. The normalized spacial score (nSPS) is 11.6. The summed E-state index contributed by atoms with van der Waals surface area (Å²) in [6.45, 7) is 0. The molecule has 0 bridgehead atoms. The van der Waals surface area contributed by atoms with E-state index in [-0.39, 0.29) is 36.7 Å². The van der Waals surface area contributed by atoms with Crippen molar-refractivity contribution < 1.29 is 51.4 Å². The van der Waals surface area contributed by atoms with Crippen molar-refractivity contribution in [2.24, 2.45) is 0 Å². The van der Waals surface area contributed by atoms with E-state index in [0.717, 1.165) is 0 Å². The largest absolute Gasteiger partial charge is 1.00 e. The Labute approximate surface area is 124 Å². The summed E-state index contributed by atoms with van der Waals surface area (Å²) in [5.41, 5.74) is 5.99. The fourth-order valence-corrected chi connectivity index (χ4v) is 2.74. The van der Waals surface area contributed by atoms with Crippen LogP contribution in [-0.2, 0) is 24.1 Å². The molecule has 1 aromatic carbocycles. The first-order chi connectivity index (χ1) is 7.18. The van der Waals surface area contributed by atoms with E-state index in [1.165, 1.54) is 24.3 Å². The van der Waals surface area contributed by atoms with Crippen molar-refractivity contribution in [1.29, 1.82) is 0 Å². The van der Waals surface area contributed by atoms with Gasteiger partial charge in [0.15, 0.2) is 0 Å². The van der Waals surface area contributed by atoms with Gasteiger partial charge < -0.3 is 7.16 Å². The van der Waals surface area contributed by atoms with Gasteiger partial charge in [-0.15, -0.1) is 3.63 Å². The Morgan fingerprint density at radius 3 is 2.06 bits per heavy atom. The van der Waals surface area contributed by atoms with Crippen LogP contribution in [0.4, 0.5) is 11.4 Å². The van der Waals surface area contributed by atoms with Gasteiger partial charge in [0.1, 0.15) is 0 Å². The second-order valence-corrected chi connectivity index (χ2v) is 6.02. The molecule has 0 amide bonds. The van der Waals surface area contributed by atoms with Crippen LogP contribution in [0.15, 0.2) is 24.3 Å². The van der Waals surface area contributed by atoms with Gasteiger partial charge in [0.2, 0.25) is 0 Å². The van der Waals surface area contributed by atoms with Crippen LogP contribution in [0.2, 0.25) is 0 Å². The van der Waals surface area contributed by atoms with E-state index in [2.05, 4.69) is 3.63 Å². The Balaban J connectivity index is 0. The van der Waals surface area contributed by atoms with E-state index in [0.29, 0.717) is 11.9 Å². The molecule has 0 heterocycles. The van der Waals surface area contributed by atoms with Gasteiger partial charge in [0.05, 0.1) is 11.9 Å². The van der Waals surface area contributed by atoms with Crippen LogP contribution in [0.5, 0.6) is 0 Å². The molecular formula is C7H11N2NaO5S2. The average Bonchev–Trinajstić information content (AvgIpc) is 2.04. The molecule has 0 aliphatic heterocycles. The number of nitrogen functional groups attached to an aromatic ring is 1. The fraction of sp³-hybridized carbons (Fsp3) is 0.143. The number of hydrogen-bond acceptors (Lipinski definition) is 6. The van der Waals surface area contributed by atoms with Gasteiger partial charge in [-0.3, -0.25) is 4.72 Å². The Morgan fingerprint density at radius 2 is 1.65 bits per heavy atom. The second kappa shape index (κ2) is 6.03. The van der Waals surface area contributed by atoms with Gasteiger partial charge in [-0.1, -0.05) is 0 Å². The number of nitrogens with one attached hydrogen (secondary N) is 1. The number of nitrogens with two attached hydrogens (primary N) is 1. The maximum Gasteiger partial charge on any atom is 1.00 e. The maximum atomic E-state index is 11.2. The van der Waals surface area contributed by atoms with E-state index in [4.69, 9.17) is 5.73 Å². The smallest absolute Gasteiger partial charge is 1.00 e. The topological polar surface area (TPSA) is 116 Å². The molecule has 0 spiro atoms. The molecule has 0 saturated heterocycles. The first-order valence-electron chi connectivity index (χ1n) is 3.97. The zero-order valence-electron chi connectivity index (χ0n) is 10.2. The van der Waals surface area contributed by atoms with Crippen LogP contribution in [-0.4, -0.2) is 23.1 Å². The summed E-state index contributed by atoms with van der Waals surface area (Å²) in [7, 11) is -8.47. The van der Waals surface area contributed by atoms with Crippen LogP contribution >= 0.6 is 0 Å². The molecule has 3 N–H and O–H groups in total. The molecule has 0 saturated carbocycles. The first-order valence-corrected chi connectivity index (χ1v) is 7.20. The number of anilines is 2. The second-order valence-electron chi connectivity index (χ2n) is 2.95.